The fourth-order valence-corrected chi connectivity index (χ4v) is 3.26. The number of aromatic nitrogens is 1. The van der Waals surface area contributed by atoms with Crippen LogP contribution in [0.1, 0.15) is 0 Å². The molecule has 0 amide bonds. The fourth-order valence-electron chi connectivity index (χ4n) is 1.72. The number of thiazole rings is 1. The summed E-state index contributed by atoms with van der Waals surface area (Å²) in [7, 11) is 0. The molecule has 0 atom stereocenters. The van der Waals surface area contributed by atoms with Crippen molar-refractivity contribution in [2.24, 2.45) is 0 Å². The summed E-state index contributed by atoms with van der Waals surface area (Å²) in [5.41, 5.74) is 8.22. The maximum Gasteiger partial charge on any atom is 0.126 e. The van der Waals surface area contributed by atoms with Gasteiger partial charge in [0.15, 0.2) is 0 Å². The quantitative estimate of drug-likeness (QED) is 0.652. The van der Waals surface area contributed by atoms with Gasteiger partial charge in [-0.3, -0.25) is 0 Å². The lowest BCUT2D eigenvalue weighted by Gasteiger charge is -2.01. The van der Waals surface area contributed by atoms with Crippen molar-refractivity contribution in [2.45, 2.75) is 0 Å². The number of nitrogens with zero attached hydrogens (tertiary/aromatic N) is 1. The number of fused-ring (bicyclic) bond motifs is 1. The third-order valence-electron chi connectivity index (χ3n) is 2.57. The second-order valence-electron chi connectivity index (χ2n) is 3.87. The molecule has 0 saturated heterocycles. The van der Waals surface area contributed by atoms with Crippen molar-refractivity contribution >= 4 is 50.4 Å². The van der Waals surface area contributed by atoms with Crippen LogP contribution in [0.4, 0.5) is 5.69 Å². The van der Waals surface area contributed by atoms with Gasteiger partial charge in [-0.15, -0.1) is 11.3 Å². The Morgan fingerprint density at radius 1 is 1.06 bits per heavy atom. The molecule has 18 heavy (non-hydrogen) atoms. The first-order valence-electron chi connectivity index (χ1n) is 5.25. The van der Waals surface area contributed by atoms with Crippen molar-refractivity contribution in [3.63, 3.8) is 0 Å². The zero-order valence-corrected chi connectivity index (χ0v) is 11.5. The molecule has 0 aliphatic carbocycles. The molecule has 0 unspecified atom stereocenters. The Kier molecular flexibility index (Phi) is 2.90. The van der Waals surface area contributed by atoms with E-state index in [9.17, 15) is 0 Å². The van der Waals surface area contributed by atoms with Crippen molar-refractivity contribution in [3.05, 3.63) is 46.4 Å². The zero-order valence-electron chi connectivity index (χ0n) is 9.15. The number of benzene rings is 2. The van der Waals surface area contributed by atoms with Gasteiger partial charge in [-0.2, -0.15) is 0 Å². The van der Waals surface area contributed by atoms with Crippen molar-refractivity contribution < 1.29 is 0 Å². The summed E-state index contributed by atoms with van der Waals surface area (Å²) in [6.07, 6.45) is 0. The minimum Gasteiger partial charge on any atom is -0.399 e. The molecule has 0 fully saturated rings. The highest BCUT2D eigenvalue weighted by atomic mass is 35.5. The van der Waals surface area contributed by atoms with E-state index < -0.39 is 0 Å². The number of nitrogen functional groups attached to an aromatic ring is 1. The summed E-state index contributed by atoms with van der Waals surface area (Å²) in [4.78, 5) is 4.55. The van der Waals surface area contributed by atoms with Gasteiger partial charge in [0.2, 0.25) is 0 Å². The Morgan fingerprint density at radius 2 is 1.89 bits per heavy atom. The van der Waals surface area contributed by atoms with E-state index in [2.05, 4.69) is 4.98 Å². The number of hydrogen-bond donors (Lipinski definition) is 1. The van der Waals surface area contributed by atoms with Crippen LogP contribution in [0.15, 0.2) is 36.4 Å². The van der Waals surface area contributed by atoms with Gasteiger partial charge >= 0.3 is 0 Å². The van der Waals surface area contributed by atoms with Crippen LogP contribution < -0.4 is 5.73 Å². The second kappa shape index (κ2) is 4.43. The van der Waals surface area contributed by atoms with Crippen LogP contribution in [0.3, 0.4) is 0 Å². The highest BCUT2D eigenvalue weighted by Gasteiger charge is 2.10. The summed E-state index contributed by atoms with van der Waals surface area (Å²) in [6.45, 7) is 0. The Morgan fingerprint density at radius 3 is 2.72 bits per heavy atom. The predicted octanol–water partition coefficient (Wildman–Crippen LogP) is 4.85. The van der Waals surface area contributed by atoms with E-state index >= 15 is 0 Å². The first kappa shape index (κ1) is 11.8. The SMILES string of the molecule is Nc1ccc(Cl)c(-c2nc3ccc(Cl)cc3s2)c1. The Balaban J connectivity index is 2.22. The number of anilines is 1. The van der Waals surface area contributed by atoms with E-state index in [4.69, 9.17) is 28.9 Å². The highest BCUT2D eigenvalue weighted by Crippen LogP contribution is 2.36. The Bertz CT molecular complexity index is 737. The van der Waals surface area contributed by atoms with Crippen LogP contribution in [-0.2, 0) is 0 Å². The summed E-state index contributed by atoms with van der Waals surface area (Å²) in [5, 5.41) is 2.20. The van der Waals surface area contributed by atoms with Crippen LogP contribution in [0.5, 0.6) is 0 Å². The largest absolute Gasteiger partial charge is 0.399 e. The van der Waals surface area contributed by atoms with Crippen LogP contribution in [0.25, 0.3) is 20.8 Å². The van der Waals surface area contributed by atoms with Crippen LogP contribution >= 0.6 is 34.5 Å². The molecule has 0 bridgehead atoms. The number of rotatable bonds is 1. The average molecular weight is 295 g/mol. The van der Waals surface area contributed by atoms with Crippen molar-refractivity contribution in [2.75, 3.05) is 5.73 Å². The van der Waals surface area contributed by atoms with E-state index in [0.29, 0.717) is 15.7 Å². The van der Waals surface area contributed by atoms with Crippen LogP contribution in [0, 0.1) is 0 Å². The van der Waals surface area contributed by atoms with Gasteiger partial charge in [-0.05, 0) is 36.4 Å². The van der Waals surface area contributed by atoms with Gasteiger partial charge in [0.25, 0.3) is 0 Å². The third kappa shape index (κ3) is 2.05. The molecule has 2 nitrogen and oxygen atoms in total. The number of halogens is 2. The molecule has 2 aromatic carbocycles. The molecule has 0 aliphatic heterocycles. The topological polar surface area (TPSA) is 38.9 Å². The lowest BCUT2D eigenvalue weighted by Crippen LogP contribution is -1.86. The standard InChI is InChI=1S/C13H8Cl2N2S/c14-7-1-4-11-12(5-7)18-13(17-11)9-6-8(16)2-3-10(9)15/h1-6H,16H2. The first-order chi connectivity index (χ1) is 8.63. The lowest BCUT2D eigenvalue weighted by atomic mass is 10.2. The molecule has 5 heteroatoms. The summed E-state index contributed by atoms with van der Waals surface area (Å²) >= 11 is 13.7. The zero-order chi connectivity index (χ0) is 12.7. The smallest absolute Gasteiger partial charge is 0.126 e. The van der Waals surface area contributed by atoms with E-state index in [0.717, 1.165) is 20.8 Å². The van der Waals surface area contributed by atoms with Crippen molar-refractivity contribution in [3.8, 4) is 10.6 Å². The fraction of sp³-hybridized carbons (Fsp3) is 0. The van der Waals surface area contributed by atoms with Gasteiger partial charge in [-0.1, -0.05) is 23.2 Å². The maximum absolute atomic E-state index is 6.17. The minimum absolute atomic E-state index is 0.648. The number of hydrogen-bond acceptors (Lipinski definition) is 3. The van der Waals surface area contributed by atoms with E-state index in [1.807, 2.05) is 24.3 Å². The molecular weight excluding hydrogens is 287 g/mol. The summed E-state index contributed by atoms with van der Waals surface area (Å²) < 4.78 is 1.04. The van der Waals surface area contributed by atoms with Gasteiger partial charge in [-0.25, -0.2) is 4.98 Å². The lowest BCUT2D eigenvalue weighted by molar-refractivity contribution is 1.48. The second-order valence-corrected chi connectivity index (χ2v) is 5.74. The molecule has 1 aromatic heterocycles. The maximum atomic E-state index is 6.17. The molecular formula is C13H8Cl2N2S. The van der Waals surface area contributed by atoms with E-state index in [1.165, 1.54) is 0 Å². The van der Waals surface area contributed by atoms with Crippen molar-refractivity contribution in [1.29, 1.82) is 0 Å². The molecule has 0 radical (unpaired) electrons. The monoisotopic (exact) mass is 294 g/mol. The minimum atomic E-state index is 0.648. The van der Waals surface area contributed by atoms with Gasteiger partial charge in [0.1, 0.15) is 5.01 Å². The molecule has 2 N–H and O–H groups in total. The van der Waals surface area contributed by atoms with Crippen LogP contribution in [-0.4, -0.2) is 4.98 Å². The van der Waals surface area contributed by atoms with E-state index in [1.54, 1.807) is 23.5 Å². The molecule has 3 aromatic rings. The van der Waals surface area contributed by atoms with Crippen molar-refractivity contribution in [1.82, 2.24) is 4.98 Å². The molecule has 0 saturated carbocycles. The number of nitrogens with two attached hydrogens (primary N) is 1. The molecule has 0 spiro atoms. The van der Waals surface area contributed by atoms with Crippen LogP contribution in [0.2, 0.25) is 10.0 Å². The molecule has 3 rings (SSSR count). The summed E-state index contributed by atoms with van der Waals surface area (Å²) in [5.74, 6) is 0. The molecule has 1 heterocycles. The Hall–Kier alpha value is -1.29. The Labute approximate surface area is 118 Å². The van der Waals surface area contributed by atoms with Gasteiger partial charge in [0, 0.05) is 16.3 Å². The third-order valence-corrected chi connectivity index (χ3v) is 4.19. The highest BCUT2D eigenvalue weighted by molar-refractivity contribution is 7.21. The summed E-state index contributed by atoms with van der Waals surface area (Å²) in [6, 6.07) is 11.0. The predicted molar refractivity (Wildman–Crippen MR) is 79.5 cm³/mol. The molecule has 0 aliphatic rings. The van der Waals surface area contributed by atoms with Gasteiger partial charge < -0.3 is 5.73 Å². The first-order valence-corrected chi connectivity index (χ1v) is 6.82. The molecule has 90 valence electrons. The van der Waals surface area contributed by atoms with E-state index in [-0.39, 0.29) is 0 Å². The normalized spacial score (nSPS) is 11.0. The van der Waals surface area contributed by atoms with Gasteiger partial charge in [0.05, 0.1) is 15.2 Å². The average Bonchev–Trinajstić information content (AvgIpc) is 2.74.